The van der Waals surface area contributed by atoms with Gasteiger partial charge in [-0.25, -0.2) is 0 Å². The Labute approximate surface area is 112 Å². The van der Waals surface area contributed by atoms with Crippen LogP contribution in [0.15, 0.2) is 30.3 Å². The van der Waals surface area contributed by atoms with Crippen molar-refractivity contribution < 1.29 is 0 Å². The van der Waals surface area contributed by atoms with Crippen LogP contribution >= 0.6 is 0 Å². The van der Waals surface area contributed by atoms with Crippen LogP contribution in [0.5, 0.6) is 0 Å². The van der Waals surface area contributed by atoms with Gasteiger partial charge < -0.3 is 5.32 Å². The molecule has 1 nitrogen and oxygen atoms in total. The molecule has 0 unspecified atom stereocenters. The lowest BCUT2D eigenvalue weighted by Gasteiger charge is -2.32. The van der Waals surface area contributed by atoms with Gasteiger partial charge in [-0.1, -0.05) is 63.4 Å². The first-order chi connectivity index (χ1) is 8.75. The number of benzene rings is 1. The van der Waals surface area contributed by atoms with Crippen LogP contribution in [0, 0.1) is 5.92 Å². The van der Waals surface area contributed by atoms with Gasteiger partial charge in [-0.3, -0.25) is 0 Å². The molecular weight excluding hydrogens is 218 g/mol. The second-order valence-electron chi connectivity index (χ2n) is 6.02. The van der Waals surface area contributed by atoms with Crippen molar-refractivity contribution in [3.63, 3.8) is 0 Å². The van der Waals surface area contributed by atoms with Gasteiger partial charge in [0.05, 0.1) is 0 Å². The summed E-state index contributed by atoms with van der Waals surface area (Å²) in [6, 6.07) is 12.2. The maximum atomic E-state index is 3.80. The van der Waals surface area contributed by atoms with Gasteiger partial charge in [0.15, 0.2) is 0 Å². The zero-order chi connectivity index (χ0) is 12.8. The van der Waals surface area contributed by atoms with Crippen molar-refractivity contribution in [2.75, 3.05) is 0 Å². The molecule has 2 rings (SSSR count). The van der Waals surface area contributed by atoms with Crippen LogP contribution in [0.4, 0.5) is 0 Å². The Bertz CT molecular complexity index is 325. The Kier molecular flexibility index (Phi) is 5.25. The van der Waals surface area contributed by atoms with E-state index in [2.05, 4.69) is 49.5 Å². The van der Waals surface area contributed by atoms with Gasteiger partial charge in [-0.15, -0.1) is 0 Å². The molecule has 0 radical (unpaired) electrons. The fourth-order valence-electron chi connectivity index (χ4n) is 3.19. The van der Waals surface area contributed by atoms with Gasteiger partial charge in [0, 0.05) is 12.1 Å². The van der Waals surface area contributed by atoms with E-state index in [0.717, 1.165) is 5.92 Å². The summed E-state index contributed by atoms with van der Waals surface area (Å²) in [6.07, 6.45) is 8.31. The SMILES string of the molecule is CC(C)N[C@H](Cc1ccccc1)C1CCCCC1. The van der Waals surface area contributed by atoms with E-state index >= 15 is 0 Å². The molecule has 0 amide bonds. The Hall–Kier alpha value is -0.820. The highest BCUT2D eigenvalue weighted by Crippen LogP contribution is 2.28. The molecule has 1 N–H and O–H groups in total. The normalized spacial score (nSPS) is 19.1. The van der Waals surface area contributed by atoms with E-state index in [1.165, 1.54) is 44.1 Å². The molecule has 0 heterocycles. The number of rotatable bonds is 5. The van der Waals surface area contributed by atoms with Crippen LogP contribution in [0.25, 0.3) is 0 Å². The molecule has 1 aromatic carbocycles. The van der Waals surface area contributed by atoms with Gasteiger partial charge in [0.25, 0.3) is 0 Å². The zero-order valence-electron chi connectivity index (χ0n) is 11.9. The van der Waals surface area contributed by atoms with E-state index in [9.17, 15) is 0 Å². The second kappa shape index (κ2) is 6.94. The average molecular weight is 245 g/mol. The maximum absolute atomic E-state index is 3.80. The summed E-state index contributed by atoms with van der Waals surface area (Å²) in [4.78, 5) is 0. The molecule has 0 spiro atoms. The summed E-state index contributed by atoms with van der Waals surface area (Å²) in [7, 11) is 0. The van der Waals surface area contributed by atoms with E-state index in [0.29, 0.717) is 12.1 Å². The molecule has 0 aliphatic heterocycles. The molecule has 1 aliphatic rings. The summed E-state index contributed by atoms with van der Waals surface area (Å²) in [5.41, 5.74) is 1.47. The minimum atomic E-state index is 0.584. The number of nitrogens with one attached hydrogen (secondary N) is 1. The summed E-state index contributed by atoms with van der Waals surface area (Å²) in [5.74, 6) is 0.876. The maximum Gasteiger partial charge on any atom is 0.0138 e. The van der Waals surface area contributed by atoms with E-state index in [-0.39, 0.29) is 0 Å². The molecule has 100 valence electrons. The van der Waals surface area contributed by atoms with Gasteiger partial charge >= 0.3 is 0 Å². The molecule has 0 bridgehead atoms. The highest BCUT2D eigenvalue weighted by molar-refractivity contribution is 5.16. The van der Waals surface area contributed by atoms with Crippen molar-refractivity contribution in [1.82, 2.24) is 5.32 Å². The molecule has 0 aromatic heterocycles. The number of hydrogen-bond donors (Lipinski definition) is 1. The Balaban J connectivity index is 1.99. The first kappa shape index (κ1) is 13.6. The van der Waals surface area contributed by atoms with Crippen LogP contribution in [0.1, 0.15) is 51.5 Å². The molecule has 1 aromatic rings. The quantitative estimate of drug-likeness (QED) is 0.820. The predicted molar refractivity (Wildman–Crippen MR) is 78.8 cm³/mol. The van der Waals surface area contributed by atoms with Crippen molar-refractivity contribution in [2.45, 2.75) is 64.5 Å². The fraction of sp³-hybridized carbons (Fsp3) is 0.647. The topological polar surface area (TPSA) is 12.0 Å². The van der Waals surface area contributed by atoms with Crippen LogP contribution in [-0.2, 0) is 6.42 Å². The van der Waals surface area contributed by atoms with Crippen molar-refractivity contribution in [1.29, 1.82) is 0 Å². The minimum Gasteiger partial charge on any atom is -0.311 e. The largest absolute Gasteiger partial charge is 0.311 e. The Morgan fingerprint density at radius 1 is 1.06 bits per heavy atom. The summed E-state index contributed by atoms with van der Waals surface area (Å²) >= 11 is 0. The molecule has 1 saturated carbocycles. The average Bonchev–Trinajstić information content (AvgIpc) is 2.40. The van der Waals surface area contributed by atoms with Gasteiger partial charge in [0.1, 0.15) is 0 Å². The standard InChI is InChI=1S/C17H27N/c1-14(2)18-17(16-11-7-4-8-12-16)13-15-9-5-3-6-10-15/h3,5-6,9-10,14,16-18H,4,7-8,11-13H2,1-2H3/t17-/m1/s1. The van der Waals surface area contributed by atoms with E-state index in [4.69, 9.17) is 0 Å². The fourth-order valence-corrected chi connectivity index (χ4v) is 3.19. The minimum absolute atomic E-state index is 0.584. The van der Waals surface area contributed by atoms with Crippen molar-refractivity contribution >= 4 is 0 Å². The molecule has 1 heteroatoms. The zero-order valence-corrected chi connectivity index (χ0v) is 11.9. The van der Waals surface area contributed by atoms with E-state index < -0.39 is 0 Å². The highest BCUT2D eigenvalue weighted by Gasteiger charge is 2.24. The third-order valence-electron chi connectivity index (χ3n) is 4.06. The molecule has 1 aliphatic carbocycles. The lowest BCUT2D eigenvalue weighted by atomic mass is 9.81. The van der Waals surface area contributed by atoms with Crippen LogP contribution in [-0.4, -0.2) is 12.1 Å². The van der Waals surface area contributed by atoms with Crippen LogP contribution in [0.3, 0.4) is 0 Å². The molecule has 0 saturated heterocycles. The molecular formula is C17H27N. The van der Waals surface area contributed by atoms with E-state index in [1.807, 2.05) is 0 Å². The molecule has 1 atom stereocenters. The third-order valence-corrected chi connectivity index (χ3v) is 4.06. The second-order valence-corrected chi connectivity index (χ2v) is 6.02. The van der Waals surface area contributed by atoms with Crippen LogP contribution in [0.2, 0.25) is 0 Å². The number of hydrogen-bond acceptors (Lipinski definition) is 1. The third kappa shape index (κ3) is 4.13. The van der Waals surface area contributed by atoms with Crippen LogP contribution < -0.4 is 5.32 Å². The predicted octanol–water partition coefficient (Wildman–Crippen LogP) is 4.18. The monoisotopic (exact) mass is 245 g/mol. The summed E-state index contributed by atoms with van der Waals surface area (Å²) in [6.45, 7) is 4.53. The Morgan fingerprint density at radius 3 is 2.33 bits per heavy atom. The first-order valence-corrected chi connectivity index (χ1v) is 7.55. The smallest absolute Gasteiger partial charge is 0.0138 e. The molecule has 1 fully saturated rings. The van der Waals surface area contributed by atoms with E-state index in [1.54, 1.807) is 0 Å². The van der Waals surface area contributed by atoms with Crippen molar-refractivity contribution in [2.24, 2.45) is 5.92 Å². The van der Waals surface area contributed by atoms with Gasteiger partial charge in [-0.2, -0.15) is 0 Å². The Morgan fingerprint density at radius 2 is 1.72 bits per heavy atom. The van der Waals surface area contributed by atoms with Crippen molar-refractivity contribution in [3.8, 4) is 0 Å². The summed E-state index contributed by atoms with van der Waals surface area (Å²) in [5, 5.41) is 3.80. The first-order valence-electron chi connectivity index (χ1n) is 7.55. The van der Waals surface area contributed by atoms with Gasteiger partial charge in [-0.05, 0) is 30.7 Å². The highest BCUT2D eigenvalue weighted by atomic mass is 14.9. The summed E-state index contributed by atoms with van der Waals surface area (Å²) < 4.78 is 0. The van der Waals surface area contributed by atoms with Crippen molar-refractivity contribution in [3.05, 3.63) is 35.9 Å². The molecule has 18 heavy (non-hydrogen) atoms. The lowest BCUT2D eigenvalue weighted by Crippen LogP contribution is -2.42. The van der Waals surface area contributed by atoms with Gasteiger partial charge in [0.2, 0.25) is 0 Å². The lowest BCUT2D eigenvalue weighted by molar-refractivity contribution is 0.256.